The first-order valence-corrected chi connectivity index (χ1v) is 12.6. The Balaban J connectivity index is 1.38. The van der Waals surface area contributed by atoms with E-state index in [0.717, 1.165) is 44.6 Å². The molecular weight excluding hydrogens is 511 g/mol. The first-order valence-electron chi connectivity index (χ1n) is 10.8. The van der Waals surface area contributed by atoms with Crippen LogP contribution >= 0.6 is 23.1 Å². The zero-order valence-corrected chi connectivity index (χ0v) is 20.5. The summed E-state index contributed by atoms with van der Waals surface area (Å²) in [5.41, 5.74) is 0.732. The number of halogens is 3. The highest BCUT2D eigenvalue weighted by molar-refractivity contribution is 8.01. The monoisotopic (exact) mass is 531 g/mol. The van der Waals surface area contributed by atoms with Crippen LogP contribution in [0.1, 0.15) is 22.8 Å². The predicted octanol–water partition coefficient (Wildman–Crippen LogP) is 6.70. The second kappa shape index (κ2) is 11.0. The van der Waals surface area contributed by atoms with Crippen molar-refractivity contribution in [1.82, 2.24) is 4.98 Å². The topological polar surface area (TPSA) is 80.3 Å². The largest absolute Gasteiger partial charge is 0.494 e. The lowest BCUT2D eigenvalue weighted by molar-refractivity contribution is -0.137. The molecule has 0 aliphatic carbocycles. The Hall–Kier alpha value is -3.57. The number of ether oxygens (including phenoxy) is 1. The zero-order chi connectivity index (χ0) is 25.7. The summed E-state index contributed by atoms with van der Waals surface area (Å²) in [6, 6.07) is 16.1. The SMILES string of the molecule is CCOc1ccc2nc(SCC(=O)Nc3ccccc3NC(=O)c3ccc(C(F)(F)F)cc3)sc2c1. The molecule has 3 aromatic carbocycles. The molecule has 1 aromatic heterocycles. The Labute approximate surface area is 212 Å². The van der Waals surface area contributed by atoms with Gasteiger partial charge in [-0.2, -0.15) is 13.2 Å². The summed E-state index contributed by atoms with van der Waals surface area (Å²) in [7, 11) is 0. The number of carbonyl (C=O) groups is 2. The van der Waals surface area contributed by atoms with Gasteiger partial charge in [0.15, 0.2) is 4.34 Å². The highest BCUT2D eigenvalue weighted by Gasteiger charge is 2.30. The molecule has 0 saturated heterocycles. The maximum Gasteiger partial charge on any atom is 0.416 e. The number of anilines is 2. The quantitative estimate of drug-likeness (QED) is 0.248. The van der Waals surface area contributed by atoms with E-state index in [1.807, 2.05) is 25.1 Å². The van der Waals surface area contributed by atoms with Crippen LogP contribution < -0.4 is 15.4 Å². The second-order valence-corrected chi connectivity index (χ2v) is 9.71. The minimum atomic E-state index is -4.48. The van der Waals surface area contributed by atoms with Gasteiger partial charge in [-0.3, -0.25) is 9.59 Å². The van der Waals surface area contributed by atoms with Crippen molar-refractivity contribution in [2.75, 3.05) is 23.0 Å². The highest BCUT2D eigenvalue weighted by Crippen LogP contribution is 2.32. The number of hydrogen-bond acceptors (Lipinski definition) is 6. The van der Waals surface area contributed by atoms with Crippen molar-refractivity contribution in [3.8, 4) is 5.75 Å². The third-order valence-corrected chi connectivity index (χ3v) is 7.06. The minimum Gasteiger partial charge on any atom is -0.494 e. The van der Waals surface area contributed by atoms with Gasteiger partial charge in [0.2, 0.25) is 5.91 Å². The molecule has 36 heavy (non-hydrogen) atoms. The van der Waals surface area contributed by atoms with Crippen LogP contribution in [0.2, 0.25) is 0 Å². The van der Waals surface area contributed by atoms with Crippen molar-refractivity contribution < 1.29 is 27.5 Å². The molecule has 11 heteroatoms. The average Bonchev–Trinajstić information content (AvgIpc) is 3.26. The van der Waals surface area contributed by atoms with E-state index in [4.69, 9.17) is 4.74 Å². The van der Waals surface area contributed by atoms with Gasteiger partial charge in [-0.1, -0.05) is 23.9 Å². The van der Waals surface area contributed by atoms with Crippen molar-refractivity contribution in [3.05, 3.63) is 77.9 Å². The van der Waals surface area contributed by atoms with Gasteiger partial charge in [-0.15, -0.1) is 11.3 Å². The number of carbonyl (C=O) groups excluding carboxylic acids is 2. The molecule has 6 nitrogen and oxygen atoms in total. The number of alkyl halides is 3. The second-order valence-electron chi connectivity index (χ2n) is 7.45. The molecule has 0 spiro atoms. The summed E-state index contributed by atoms with van der Waals surface area (Å²) in [6.45, 7) is 2.48. The highest BCUT2D eigenvalue weighted by atomic mass is 32.2. The first kappa shape index (κ1) is 25.5. The van der Waals surface area contributed by atoms with Crippen LogP contribution in [0, 0.1) is 0 Å². The minimum absolute atomic E-state index is 0.0583. The number of thioether (sulfide) groups is 1. The molecular formula is C25H20F3N3O3S2. The Bertz CT molecular complexity index is 1390. The Kier molecular flexibility index (Phi) is 7.80. The number of benzene rings is 3. The Morgan fingerprint density at radius 1 is 1.00 bits per heavy atom. The summed E-state index contributed by atoms with van der Waals surface area (Å²) in [5, 5.41) is 5.39. The van der Waals surface area contributed by atoms with Crippen LogP contribution in [0.3, 0.4) is 0 Å². The van der Waals surface area contributed by atoms with Gasteiger partial charge in [0.1, 0.15) is 5.75 Å². The van der Waals surface area contributed by atoms with E-state index in [9.17, 15) is 22.8 Å². The Morgan fingerprint density at radius 3 is 2.36 bits per heavy atom. The normalized spacial score (nSPS) is 11.3. The van der Waals surface area contributed by atoms with Gasteiger partial charge in [0, 0.05) is 5.56 Å². The summed E-state index contributed by atoms with van der Waals surface area (Å²) in [4.78, 5) is 29.7. The van der Waals surface area contributed by atoms with E-state index in [1.165, 1.54) is 23.1 Å². The van der Waals surface area contributed by atoms with E-state index < -0.39 is 17.6 Å². The van der Waals surface area contributed by atoms with Crippen molar-refractivity contribution in [1.29, 1.82) is 0 Å². The number of hydrogen-bond donors (Lipinski definition) is 2. The van der Waals surface area contributed by atoms with Gasteiger partial charge in [0.25, 0.3) is 5.91 Å². The lowest BCUT2D eigenvalue weighted by Crippen LogP contribution is -2.18. The fraction of sp³-hybridized carbons (Fsp3) is 0.160. The molecule has 0 unspecified atom stereocenters. The number of thiazole rings is 1. The summed E-state index contributed by atoms with van der Waals surface area (Å²) in [6.07, 6.45) is -4.48. The van der Waals surface area contributed by atoms with Gasteiger partial charge >= 0.3 is 6.18 Å². The van der Waals surface area contributed by atoms with Crippen molar-refractivity contribution in [2.45, 2.75) is 17.4 Å². The summed E-state index contributed by atoms with van der Waals surface area (Å²) < 4.78 is 45.5. The zero-order valence-electron chi connectivity index (χ0n) is 18.9. The molecule has 1 heterocycles. The average molecular weight is 532 g/mol. The van der Waals surface area contributed by atoms with Crippen molar-refractivity contribution in [3.63, 3.8) is 0 Å². The molecule has 0 aliphatic heterocycles. The summed E-state index contributed by atoms with van der Waals surface area (Å²) in [5.74, 6) is -0.0386. The maximum atomic E-state index is 12.8. The molecule has 0 aliphatic rings. The number of rotatable bonds is 8. The van der Waals surface area contributed by atoms with Gasteiger partial charge in [-0.05, 0) is 61.5 Å². The molecule has 2 amide bonds. The standard InChI is InChI=1S/C25H20F3N3O3S2/c1-2-34-17-11-12-20-21(13-17)36-24(31-20)35-14-22(32)29-18-5-3-4-6-19(18)30-23(33)15-7-9-16(10-8-15)25(26,27)28/h3-13H,2,14H2,1H3,(H,29,32)(H,30,33). The van der Waals surface area contributed by atoms with Crippen LogP contribution in [0.25, 0.3) is 10.2 Å². The van der Waals surface area contributed by atoms with E-state index in [0.29, 0.717) is 18.0 Å². The first-order chi connectivity index (χ1) is 17.2. The fourth-order valence-corrected chi connectivity index (χ4v) is 5.12. The lowest BCUT2D eigenvalue weighted by Gasteiger charge is -2.12. The van der Waals surface area contributed by atoms with Crippen LogP contribution in [-0.4, -0.2) is 29.2 Å². The van der Waals surface area contributed by atoms with E-state index >= 15 is 0 Å². The molecule has 4 rings (SSSR count). The van der Waals surface area contributed by atoms with Crippen molar-refractivity contribution >= 4 is 56.5 Å². The molecule has 0 fully saturated rings. The molecule has 0 atom stereocenters. The van der Waals surface area contributed by atoms with Crippen LogP contribution in [0.15, 0.2) is 71.1 Å². The molecule has 2 N–H and O–H groups in total. The predicted molar refractivity (Wildman–Crippen MR) is 136 cm³/mol. The fourth-order valence-electron chi connectivity index (χ4n) is 3.22. The van der Waals surface area contributed by atoms with Gasteiger partial charge < -0.3 is 15.4 Å². The number of fused-ring (bicyclic) bond motifs is 1. The molecule has 186 valence electrons. The molecule has 0 radical (unpaired) electrons. The molecule has 0 saturated carbocycles. The summed E-state index contributed by atoms with van der Waals surface area (Å²) >= 11 is 2.75. The van der Waals surface area contributed by atoms with Gasteiger partial charge in [0.05, 0.1) is 39.5 Å². The molecule has 0 bridgehead atoms. The number of para-hydroxylation sites is 2. The number of nitrogens with zero attached hydrogens (tertiary/aromatic N) is 1. The Morgan fingerprint density at radius 2 is 1.69 bits per heavy atom. The van der Waals surface area contributed by atoms with E-state index in [2.05, 4.69) is 15.6 Å². The van der Waals surface area contributed by atoms with Crippen LogP contribution in [-0.2, 0) is 11.0 Å². The third-order valence-electron chi connectivity index (χ3n) is 4.90. The van der Waals surface area contributed by atoms with Crippen LogP contribution in [0.4, 0.5) is 24.5 Å². The smallest absolute Gasteiger partial charge is 0.416 e. The van der Waals surface area contributed by atoms with E-state index in [-0.39, 0.29) is 17.2 Å². The third kappa shape index (κ3) is 6.35. The van der Waals surface area contributed by atoms with Gasteiger partial charge in [-0.25, -0.2) is 4.98 Å². The number of amides is 2. The number of nitrogens with one attached hydrogen (secondary N) is 2. The van der Waals surface area contributed by atoms with Crippen LogP contribution in [0.5, 0.6) is 5.75 Å². The van der Waals surface area contributed by atoms with Crippen molar-refractivity contribution in [2.24, 2.45) is 0 Å². The van der Waals surface area contributed by atoms with E-state index in [1.54, 1.807) is 24.3 Å². The lowest BCUT2D eigenvalue weighted by atomic mass is 10.1. The maximum absolute atomic E-state index is 12.8. The molecule has 4 aromatic rings. The number of aromatic nitrogens is 1.